The lowest BCUT2D eigenvalue weighted by Crippen LogP contribution is -2.28. The highest BCUT2D eigenvalue weighted by molar-refractivity contribution is 7.79. The van der Waals surface area contributed by atoms with Gasteiger partial charge in [-0.15, -0.1) is 0 Å². The number of rotatable bonds is 7. The van der Waals surface area contributed by atoms with Gasteiger partial charge in [0.25, 0.3) is 0 Å². The van der Waals surface area contributed by atoms with Gasteiger partial charge >= 0.3 is 0 Å². The van der Waals surface area contributed by atoms with Crippen LogP contribution in [0.15, 0.2) is 42.5 Å². The average Bonchev–Trinajstić information content (AvgIpc) is 3.47. The fourth-order valence-electron chi connectivity index (χ4n) is 3.57. The molecule has 162 valence electrons. The molecular weight excluding hydrogens is 403 g/mol. The van der Waals surface area contributed by atoms with Crippen LogP contribution in [0.1, 0.15) is 62.8 Å². The summed E-state index contributed by atoms with van der Waals surface area (Å²) in [5.74, 6) is -0.783. The molecule has 3 unspecified atom stereocenters. The van der Waals surface area contributed by atoms with Crippen LogP contribution in [0.5, 0.6) is 0 Å². The first-order valence-corrected chi connectivity index (χ1v) is 11.3. The predicted molar refractivity (Wildman–Crippen MR) is 116 cm³/mol. The van der Waals surface area contributed by atoms with E-state index < -0.39 is 16.9 Å². The van der Waals surface area contributed by atoms with Crippen LogP contribution < -0.4 is 10.6 Å². The van der Waals surface area contributed by atoms with Crippen LogP contribution in [-0.4, -0.2) is 20.5 Å². The van der Waals surface area contributed by atoms with E-state index in [-0.39, 0.29) is 40.8 Å². The van der Waals surface area contributed by atoms with Crippen LogP contribution >= 0.6 is 0 Å². The first-order valence-electron chi connectivity index (χ1n) is 10.1. The standard InChI is InChI=1S/C23H29FN2O3S/c1-14(16-7-10-21(20(24)11-16)25-13-30(28)29)26-22(27)19-12-18(19)15-5-8-17(9-6-15)23(2,3)4/h5-11,14,18-19,25H,12-13H2,1-4H3,(H,26,27)(H,28,29)/p-1/t14-,18?,19?/m1/s1. The number of anilines is 1. The molecule has 7 heteroatoms. The molecule has 1 amide bonds. The van der Waals surface area contributed by atoms with Crippen molar-refractivity contribution >= 4 is 22.7 Å². The summed E-state index contributed by atoms with van der Waals surface area (Å²) < 4.78 is 35.4. The van der Waals surface area contributed by atoms with Crippen molar-refractivity contribution < 1.29 is 17.9 Å². The lowest BCUT2D eigenvalue weighted by Gasteiger charge is -2.19. The number of carbonyl (C=O) groups excluding carboxylic acids is 1. The Bertz CT molecular complexity index is 940. The van der Waals surface area contributed by atoms with Crippen LogP contribution in [0, 0.1) is 11.7 Å². The molecule has 1 saturated carbocycles. The second kappa shape index (κ2) is 8.86. The van der Waals surface area contributed by atoms with Gasteiger partial charge in [0, 0.05) is 5.92 Å². The zero-order chi connectivity index (χ0) is 22.1. The van der Waals surface area contributed by atoms with Gasteiger partial charge in [-0.3, -0.25) is 9.00 Å². The van der Waals surface area contributed by atoms with Gasteiger partial charge in [0.05, 0.1) is 17.6 Å². The first kappa shape index (κ1) is 22.4. The molecule has 0 saturated heterocycles. The molecule has 4 atom stereocenters. The number of nitrogens with one attached hydrogen (secondary N) is 2. The average molecular weight is 432 g/mol. The highest BCUT2D eigenvalue weighted by Crippen LogP contribution is 2.48. The Morgan fingerprint density at radius 2 is 1.90 bits per heavy atom. The van der Waals surface area contributed by atoms with E-state index in [1.54, 1.807) is 6.07 Å². The summed E-state index contributed by atoms with van der Waals surface area (Å²) in [7, 11) is 0. The number of benzene rings is 2. The van der Waals surface area contributed by atoms with Gasteiger partial charge in [0.1, 0.15) is 5.82 Å². The molecule has 5 nitrogen and oxygen atoms in total. The highest BCUT2D eigenvalue weighted by Gasteiger charge is 2.44. The Kier molecular flexibility index (Phi) is 6.62. The largest absolute Gasteiger partial charge is 0.771 e. The monoisotopic (exact) mass is 431 g/mol. The molecule has 2 aromatic rings. The molecule has 1 aliphatic carbocycles. The van der Waals surface area contributed by atoms with Crippen molar-refractivity contribution in [1.29, 1.82) is 0 Å². The van der Waals surface area contributed by atoms with Crippen molar-refractivity contribution in [2.24, 2.45) is 5.92 Å². The summed E-state index contributed by atoms with van der Waals surface area (Å²) in [6, 6.07) is 12.6. The third kappa shape index (κ3) is 5.46. The minimum atomic E-state index is -2.30. The number of carbonyl (C=O) groups is 1. The van der Waals surface area contributed by atoms with E-state index in [2.05, 4.69) is 55.7 Å². The maximum Gasteiger partial charge on any atom is 0.224 e. The maximum absolute atomic E-state index is 14.2. The summed E-state index contributed by atoms with van der Waals surface area (Å²) in [6.07, 6.45) is 0.816. The van der Waals surface area contributed by atoms with E-state index in [4.69, 9.17) is 0 Å². The summed E-state index contributed by atoms with van der Waals surface area (Å²) in [4.78, 5) is 12.6. The smallest absolute Gasteiger partial charge is 0.224 e. The molecule has 0 heterocycles. The summed E-state index contributed by atoms with van der Waals surface area (Å²) in [6.45, 7) is 8.33. The Balaban J connectivity index is 1.57. The summed E-state index contributed by atoms with van der Waals surface area (Å²) in [5, 5.41) is 5.48. The van der Waals surface area contributed by atoms with Gasteiger partial charge in [-0.1, -0.05) is 51.1 Å². The molecule has 1 fully saturated rings. The molecule has 0 aliphatic heterocycles. The van der Waals surface area contributed by atoms with Crippen LogP contribution in [-0.2, 0) is 21.3 Å². The van der Waals surface area contributed by atoms with Gasteiger partial charge in [-0.2, -0.15) is 0 Å². The second-order valence-corrected chi connectivity index (χ2v) is 9.81. The van der Waals surface area contributed by atoms with Crippen molar-refractivity contribution in [3.05, 3.63) is 65.0 Å². The molecule has 2 N–H and O–H groups in total. The van der Waals surface area contributed by atoms with Crippen LogP contribution in [0.4, 0.5) is 10.1 Å². The number of hydrogen-bond acceptors (Lipinski definition) is 4. The van der Waals surface area contributed by atoms with Crippen molar-refractivity contribution in [1.82, 2.24) is 5.32 Å². The van der Waals surface area contributed by atoms with Gasteiger partial charge < -0.3 is 15.2 Å². The lowest BCUT2D eigenvalue weighted by atomic mass is 9.86. The molecule has 2 aromatic carbocycles. The van der Waals surface area contributed by atoms with Crippen molar-refractivity contribution in [2.45, 2.75) is 51.5 Å². The fourth-order valence-corrected chi connectivity index (χ4v) is 3.84. The van der Waals surface area contributed by atoms with Crippen molar-refractivity contribution in [3.8, 4) is 0 Å². The SMILES string of the molecule is C[C@@H](NC(=O)C1CC1c1ccc(C(C)(C)C)cc1)c1ccc(NCS(=O)[O-])c(F)c1. The molecule has 0 spiro atoms. The maximum atomic E-state index is 14.2. The number of halogens is 1. The van der Waals surface area contributed by atoms with Crippen LogP contribution in [0.2, 0.25) is 0 Å². The summed E-state index contributed by atoms with van der Waals surface area (Å²) >= 11 is -2.30. The number of hydrogen-bond donors (Lipinski definition) is 2. The van der Waals surface area contributed by atoms with Gasteiger partial charge in [-0.25, -0.2) is 4.39 Å². The first-order chi connectivity index (χ1) is 14.1. The zero-order valence-corrected chi connectivity index (χ0v) is 18.5. The Labute approximate surface area is 179 Å². The Morgan fingerprint density at radius 1 is 1.23 bits per heavy atom. The fraction of sp³-hybridized carbons (Fsp3) is 0.435. The third-order valence-corrected chi connectivity index (χ3v) is 5.94. The minimum absolute atomic E-state index is 0.0308. The van der Waals surface area contributed by atoms with E-state index in [0.717, 1.165) is 6.42 Å². The minimum Gasteiger partial charge on any atom is -0.771 e. The van der Waals surface area contributed by atoms with E-state index >= 15 is 0 Å². The molecule has 1 aliphatic rings. The third-order valence-electron chi connectivity index (χ3n) is 5.56. The second-order valence-electron chi connectivity index (χ2n) is 8.92. The quantitative estimate of drug-likeness (QED) is 0.639. The van der Waals surface area contributed by atoms with Gasteiger partial charge in [-0.05, 0) is 64.6 Å². The Hall–Kier alpha value is -2.25. The highest BCUT2D eigenvalue weighted by atomic mass is 32.2. The topological polar surface area (TPSA) is 81.3 Å². The molecule has 0 bridgehead atoms. The van der Waals surface area contributed by atoms with E-state index in [1.165, 1.54) is 23.3 Å². The number of amides is 1. The summed E-state index contributed by atoms with van der Waals surface area (Å²) in [5.41, 5.74) is 3.28. The zero-order valence-electron chi connectivity index (χ0n) is 17.7. The van der Waals surface area contributed by atoms with Gasteiger partial charge in [0.2, 0.25) is 5.91 Å². The van der Waals surface area contributed by atoms with Gasteiger partial charge in [0.15, 0.2) is 0 Å². The normalized spacial score (nSPS) is 20.3. The van der Waals surface area contributed by atoms with E-state index in [0.29, 0.717) is 5.56 Å². The molecule has 3 rings (SSSR count). The lowest BCUT2D eigenvalue weighted by molar-refractivity contribution is -0.123. The van der Waals surface area contributed by atoms with E-state index in [9.17, 15) is 17.9 Å². The molecular formula is C23H28FN2O3S-. The van der Waals surface area contributed by atoms with E-state index in [1.807, 2.05) is 6.92 Å². The van der Waals surface area contributed by atoms with Crippen LogP contribution in [0.3, 0.4) is 0 Å². The predicted octanol–water partition coefficient (Wildman–Crippen LogP) is 4.35. The van der Waals surface area contributed by atoms with Crippen LogP contribution in [0.25, 0.3) is 0 Å². The molecule has 30 heavy (non-hydrogen) atoms. The molecule has 0 aromatic heterocycles. The molecule has 0 radical (unpaired) electrons. The van der Waals surface area contributed by atoms with Crippen molar-refractivity contribution in [2.75, 3.05) is 11.2 Å². The Morgan fingerprint density at radius 3 is 2.47 bits per heavy atom. The van der Waals surface area contributed by atoms with Crippen molar-refractivity contribution in [3.63, 3.8) is 0 Å².